The second kappa shape index (κ2) is 6.82. The van der Waals surface area contributed by atoms with Gasteiger partial charge in [-0.05, 0) is 48.4 Å². The van der Waals surface area contributed by atoms with Crippen LogP contribution in [-0.4, -0.2) is 18.3 Å². The molecule has 0 aliphatic carbocycles. The van der Waals surface area contributed by atoms with E-state index in [1.165, 1.54) is 22.8 Å². The van der Waals surface area contributed by atoms with Crippen LogP contribution in [0.3, 0.4) is 0 Å². The Hall–Kier alpha value is -2.45. The lowest BCUT2D eigenvalue weighted by Gasteiger charge is -2.13. The third kappa shape index (κ3) is 3.36. The molecule has 0 aliphatic heterocycles. The lowest BCUT2D eigenvalue weighted by molar-refractivity contribution is 0.190. The summed E-state index contributed by atoms with van der Waals surface area (Å²) in [6, 6.07) is 11.0. The molecular weight excluding hydrogens is 271 g/mol. The molecule has 0 fully saturated rings. The van der Waals surface area contributed by atoms with Gasteiger partial charge in [0.2, 0.25) is 0 Å². The molecule has 4 nitrogen and oxygen atoms in total. The summed E-state index contributed by atoms with van der Waals surface area (Å²) in [5.74, 6) is -0.333. The molecule has 0 bridgehead atoms. The summed E-state index contributed by atoms with van der Waals surface area (Å²) < 4.78 is 19.5. The van der Waals surface area contributed by atoms with Crippen molar-refractivity contribution < 1.29 is 9.13 Å². The monoisotopic (exact) mass is 286 g/mol. The van der Waals surface area contributed by atoms with Crippen molar-refractivity contribution in [3.8, 4) is 17.3 Å². The molecule has 0 atom stereocenters. The van der Waals surface area contributed by atoms with Gasteiger partial charge in [-0.25, -0.2) is 4.39 Å². The fourth-order valence-corrected chi connectivity index (χ4v) is 2.13. The van der Waals surface area contributed by atoms with Gasteiger partial charge in [0.05, 0.1) is 5.69 Å². The molecule has 0 aliphatic rings. The molecular formula is C16H15FN2O2. The molecule has 5 heteroatoms. The second-order valence-corrected chi connectivity index (χ2v) is 4.55. The number of hydrogen-bond donors (Lipinski definition) is 0. The first-order valence-corrected chi connectivity index (χ1v) is 6.56. The molecule has 1 aromatic carbocycles. The van der Waals surface area contributed by atoms with Crippen molar-refractivity contribution in [2.24, 2.45) is 0 Å². The van der Waals surface area contributed by atoms with Crippen molar-refractivity contribution in [2.45, 2.75) is 13.0 Å². The number of rotatable bonds is 5. The Kier molecular flexibility index (Phi) is 4.85. The Labute approximate surface area is 122 Å². The first-order valence-electron chi connectivity index (χ1n) is 6.56. The van der Waals surface area contributed by atoms with Crippen LogP contribution in [0.25, 0.3) is 11.3 Å². The Morgan fingerprint density at radius 2 is 1.95 bits per heavy atom. The Bertz CT molecular complexity index is 715. The average Bonchev–Trinajstić information content (AvgIpc) is 2.50. The molecule has 108 valence electrons. The Morgan fingerprint density at radius 1 is 1.24 bits per heavy atom. The fraction of sp³-hybridized carbons (Fsp3) is 0.250. The van der Waals surface area contributed by atoms with E-state index in [0.29, 0.717) is 25.3 Å². The van der Waals surface area contributed by atoms with Gasteiger partial charge in [0.15, 0.2) is 0 Å². The van der Waals surface area contributed by atoms with Crippen LogP contribution in [0.2, 0.25) is 0 Å². The van der Waals surface area contributed by atoms with Crippen LogP contribution in [0.15, 0.2) is 41.2 Å². The highest BCUT2D eigenvalue weighted by Crippen LogP contribution is 2.19. The minimum absolute atomic E-state index is 0.0956. The summed E-state index contributed by atoms with van der Waals surface area (Å²) >= 11 is 0. The van der Waals surface area contributed by atoms with E-state index in [1.807, 2.05) is 6.07 Å². The molecule has 0 unspecified atom stereocenters. The first kappa shape index (κ1) is 14.9. The van der Waals surface area contributed by atoms with Gasteiger partial charge in [0.25, 0.3) is 5.56 Å². The number of halogens is 1. The van der Waals surface area contributed by atoms with E-state index in [1.54, 1.807) is 25.3 Å². The minimum Gasteiger partial charge on any atom is -0.385 e. The SMILES string of the molecule is COCCCn1c(-c2ccc(F)cc2)ccc(C#N)c1=O. The average molecular weight is 286 g/mol. The summed E-state index contributed by atoms with van der Waals surface area (Å²) in [6.07, 6.45) is 0.652. The van der Waals surface area contributed by atoms with Gasteiger partial charge in [-0.15, -0.1) is 0 Å². The molecule has 1 heterocycles. The van der Waals surface area contributed by atoms with Gasteiger partial charge >= 0.3 is 0 Å². The zero-order valence-corrected chi connectivity index (χ0v) is 11.7. The number of nitriles is 1. The van der Waals surface area contributed by atoms with E-state index in [4.69, 9.17) is 10.00 Å². The molecule has 1 aromatic heterocycles. The predicted octanol–water partition coefficient (Wildman–Crippen LogP) is 2.56. The first-order chi connectivity index (χ1) is 10.2. The maximum atomic E-state index is 13.0. The number of hydrogen-bond acceptors (Lipinski definition) is 3. The van der Waals surface area contributed by atoms with E-state index in [0.717, 1.165) is 5.56 Å². The van der Waals surface area contributed by atoms with Crippen LogP contribution in [0.1, 0.15) is 12.0 Å². The highest BCUT2D eigenvalue weighted by Gasteiger charge is 2.10. The van der Waals surface area contributed by atoms with Gasteiger partial charge in [0.1, 0.15) is 17.4 Å². The van der Waals surface area contributed by atoms with E-state index in [9.17, 15) is 9.18 Å². The van der Waals surface area contributed by atoms with Gasteiger partial charge in [-0.2, -0.15) is 5.26 Å². The topological polar surface area (TPSA) is 55.0 Å². The van der Waals surface area contributed by atoms with Crippen molar-refractivity contribution in [1.82, 2.24) is 4.57 Å². The number of ether oxygens (including phenoxy) is 1. The van der Waals surface area contributed by atoms with E-state index in [2.05, 4.69) is 0 Å². The summed E-state index contributed by atoms with van der Waals surface area (Å²) in [7, 11) is 1.59. The van der Waals surface area contributed by atoms with Crippen molar-refractivity contribution in [3.63, 3.8) is 0 Å². The van der Waals surface area contributed by atoms with E-state index < -0.39 is 0 Å². The highest BCUT2D eigenvalue weighted by atomic mass is 19.1. The van der Waals surface area contributed by atoms with Crippen molar-refractivity contribution in [1.29, 1.82) is 5.26 Å². The van der Waals surface area contributed by atoms with E-state index >= 15 is 0 Å². The summed E-state index contributed by atoms with van der Waals surface area (Å²) in [5, 5.41) is 8.97. The third-order valence-electron chi connectivity index (χ3n) is 3.16. The predicted molar refractivity (Wildman–Crippen MR) is 77.3 cm³/mol. The quantitative estimate of drug-likeness (QED) is 0.794. The normalized spacial score (nSPS) is 10.3. The number of methoxy groups -OCH3 is 1. The van der Waals surface area contributed by atoms with Crippen LogP contribution in [0.5, 0.6) is 0 Å². The molecule has 0 saturated heterocycles. The molecule has 0 amide bonds. The Morgan fingerprint density at radius 3 is 2.57 bits per heavy atom. The lowest BCUT2D eigenvalue weighted by atomic mass is 10.1. The summed E-state index contributed by atoms with van der Waals surface area (Å²) in [4.78, 5) is 12.3. The van der Waals surface area contributed by atoms with Gasteiger partial charge in [-0.3, -0.25) is 4.79 Å². The fourth-order valence-electron chi connectivity index (χ4n) is 2.13. The molecule has 0 radical (unpaired) electrons. The van der Waals surface area contributed by atoms with Gasteiger partial charge < -0.3 is 9.30 Å². The molecule has 0 spiro atoms. The Balaban J connectivity index is 2.49. The number of nitrogens with zero attached hydrogens (tertiary/aromatic N) is 2. The van der Waals surface area contributed by atoms with Crippen LogP contribution in [0.4, 0.5) is 4.39 Å². The molecule has 2 rings (SSSR count). The zero-order valence-electron chi connectivity index (χ0n) is 11.7. The highest BCUT2D eigenvalue weighted by molar-refractivity contribution is 5.60. The van der Waals surface area contributed by atoms with Crippen LogP contribution >= 0.6 is 0 Å². The lowest BCUT2D eigenvalue weighted by Crippen LogP contribution is -2.24. The van der Waals surface area contributed by atoms with Crippen LogP contribution in [0, 0.1) is 17.1 Å². The third-order valence-corrected chi connectivity index (χ3v) is 3.16. The second-order valence-electron chi connectivity index (χ2n) is 4.55. The summed E-state index contributed by atoms with van der Waals surface area (Å²) in [6.45, 7) is 0.959. The molecule has 0 N–H and O–H groups in total. The van der Waals surface area contributed by atoms with Crippen molar-refractivity contribution in [3.05, 3.63) is 58.1 Å². The van der Waals surface area contributed by atoms with Gasteiger partial charge in [-0.1, -0.05) is 0 Å². The number of aromatic nitrogens is 1. The zero-order chi connectivity index (χ0) is 15.2. The number of pyridine rings is 1. The smallest absolute Gasteiger partial charge is 0.268 e. The van der Waals surface area contributed by atoms with E-state index in [-0.39, 0.29) is 16.9 Å². The van der Waals surface area contributed by atoms with Crippen molar-refractivity contribution in [2.75, 3.05) is 13.7 Å². The standard InChI is InChI=1S/C16H15FN2O2/c1-21-10-2-9-19-15(8-5-13(11-18)16(19)20)12-3-6-14(17)7-4-12/h3-8H,2,9-10H2,1H3. The van der Waals surface area contributed by atoms with Gasteiger partial charge in [0, 0.05) is 20.3 Å². The van der Waals surface area contributed by atoms with Crippen LogP contribution < -0.4 is 5.56 Å². The summed E-state index contributed by atoms with van der Waals surface area (Å²) in [5.41, 5.74) is 1.15. The largest absolute Gasteiger partial charge is 0.385 e. The molecule has 2 aromatic rings. The van der Waals surface area contributed by atoms with Crippen molar-refractivity contribution >= 4 is 0 Å². The van der Waals surface area contributed by atoms with Crippen LogP contribution in [-0.2, 0) is 11.3 Å². The maximum Gasteiger partial charge on any atom is 0.268 e. The maximum absolute atomic E-state index is 13.0. The molecule has 0 saturated carbocycles. The number of benzene rings is 1. The minimum atomic E-state index is -0.338. The molecule has 21 heavy (non-hydrogen) atoms.